The van der Waals surface area contributed by atoms with E-state index in [2.05, 4.69) is 43.3 Å². The van der Waals surface area contributed by atoms with Crippen molar-refractivity contribution >= 4 is 45.0 Å². The van der Waals surface area contributed by atoms with Crippen molar-refractivity contribution in [1.29, 1.82) is 0 Å². The van der Waals surface area contributed by atoms with Gasteiger partial charge in [0.1, 0.15) is 5.69 Å². The van der Waals surface area contributed by atoms with Crippen molar-refractivity contribution in [1.82, 2.24) is 20.2 Å². The molecule has 0 saturated carbocycles. The number of nitrogens with one attached hydrogen (secondary N) is 2. The summed E-state index contributed by atoms with van der Waals surface area (Å²) in [5, 5.41) is 5.86. The molecular weight excluding hydrogens is 422 g/mol. The monoisotopic (exact) mass is 447 g/mol. The van der Waals surface area contributed by atoms with Crippen LogP contribution in [0.5, 0.6) is 0 Å². The van der Waals surface area contributed by atoms with Crippen molar-refractivity contribution in [3.8, 4) is 0 Å². The van der Waals surface area contributed by atoms with Crippen LogP contribution in [0.1, 0.15) is 16.2 Å². The lowest BCUT2D eigenvalue weighted by molar-refractivity contribution is 0.0943. The Hall–Kier alpha value is -3.09. The highest BCUT2D eigenvalue weighted by Gasteiger charge is 2.18. The molecule has 3 heterocycles. The van der Waals surface area contributed by atoms with Crippen LogP contribution in [0.4, 0.5) is 5.69 Å². The van der Waals surface area contributed by atoms with Crippen molar-refractivity contribution in [2.24, 2.45) is 0 Å². The molecule has 4 aromatic rings. The van der Waals surface area contributed by atoms with Gasteiger partial charge >= 0.3 is 0 Å². The Bertz CT molecular complexity index is 1280. The first kappa shape index (κ1) is 20.8. The molecular formula is C25H26ClN5O. The van der Waals surface area contributed by atoms with E-state index in [1.165, 1.54) is 5.69 Å². The van der Waals surface area contributed by atoms with E-state index in [9.17, 15) is 4.79 Å². The average Bonchev–Trinajstić information content (AvgIpc) is 3.25. The minimum absolute atomic E-state index is 0.125. The fourth-order valence-corrected chi connectivity index (χ4v) is 4.51. The molecule has 1 amide bonds. The van der Waals surface area contributed by atoms with Crippen molar-refractivity contribution in [3.05, 3.63) is 71.0 Å². The molecule has 1 saturated heterocycles. The summed E-state index contributed by atoms with van der Waals surface area (Å²) in [4.78, 5) is 25.4. The summed E-state index contributed by atoms with van der Waals surface area (Å²) in [6.45, 7) is 7.27. The molecule has 6 nitrogen and oxygen atoms in total. The number of nitrogens with zero attached hydrogens (tertiary/aromatic N) is 3. The Kier molecular flexibility index (Phi) is 5.72. The van der Waals surface area contributed by atoms with E-state index in [0.29, 0.717) is 12.2 Å². The number of anilines is 1. The average molecular weight is 448 g/mol. The SMILES string of the molecule is Cc1ccc2ccc3cc(C(=O)NCCN4CCN(c5cccc(Cl)c5)CC4)nc3c2[nH]1. The zero-order valence-electron chi connectivity index (χ0n) is 18.1. The van der Waals surface area contributed by atoms with E-state index < -0.39 is 0 Å². The van der Waals surface area contributed by atoms with E-state index in [4.69, 9.17) is 11.6 Å². The highest BCUT2D eigenvalue weighted by molar-refractivity contribution is 6.30. The Morgan fingerprint density at radius 3 is 2.66 bits per heavy atom. The molecule has 0 spiro atoms. The van der Waals surface area contributed by atoms with Gasteiger partial charge in [0.05, 0.1) is 11.0 Å². The number of carbonyl (C=O) groups is 1. The van der Waals surface area contributed by atoms with Gasteiger partial charge < -0.3 is 15.2 Å². The van der Waals surface area contributed by atoms with E-state index in [1.807, 2.05) is 43.3 Å². The first-order valence-corrected chi connectivity index (χ1v) is 11.3. The van der Waals surface area contributed by atoms with Gasteiger partial charge in [0.25, 0.3) is 5.91 Å². The number of piperazine rings is 1. The van der Waals surface area contributed by atoms with Crippen LogP contribution < -0.4 is 10.2 Å². The smallest absolute Gasteiger partial charge is 0.269 e. The molecule has 1 aliphatic rings. The van der Waals surface area contributed by atoms with Gasteiger partial charge in [0.15, 0.2) is 0 Å². The van der Waals surface area contributed by atoms with Gasteiger partial charge in [-0.15, -0.1) is 0 Å². The number of pyridine rings is 1. The molecule has 0 unspecified atom stereocenters. The van der Waals surface area contributed by atoms with Crippen molar-refractivity contribution in [2.75, 3.05) is 44.2 Å². The van der Waals surface area contributed by atoms with E-state index >= 15 is 0 Å². The zero-order valence-corrected chi connectivity index (χ0v) is 18.8. The van der Waals surface area contributed by atoms with Crippen molar-refractivity contribution in [2.45, 2.75) is 6.92 Å². The van der Waals surface area contributed by atoms with Crippen molar-refractivity contribution in [3.63, 3.8) is 0 Å². The summed E-state index contributed by atoms with van der Waals surface area (Å²) in [7, 11) is 0. The number of H-pyrrole nitrogens is 1. The van der Waals surface area contributed by atoms with Crippen LogP contribution in [0.15, 0.2) is 54.6 Å². The lowest BCUT2D eigenvalue weighted by Crippen LogP contribution is -2.48. The molecule has 32 heavy (non-hydrogen) atoms. The Balaban J connectivity index is 1.17. The number of aryl methyl sites for hydroxylation is 1. The van der Waals surface area contributed by atoms with Crippen LogP contribution in [0.25, 0.3) is 21.8 Å². The molecule has 1 aliphatic heterocycles. The minimum Gasteiger partial charge on any atom is -0.369 e. The third-order valence-electron chi connectivity index (χ3n) is 6.09. The van der Waals surface area contributed by atoms with Crippen LogP contribution in [0, 0.1) is 6.92 Å². The summed E-state index contributed by atoms with van der Waals surface area (Å²) in [5.74, 6) is -0.125. The maximum Gasteiger partial charge on any atom is 0.269 e. The highest BCUT2D eigenvalue weighted by atomic mass is 35.5. The zero-order chi connectivity index (χ0) is 22.1. The fraction of sp³-hybridized carbons (Fsp3) is 0.280. The minimum atomic E-state index is -0.125. The molecule has 0 atom stereocenters. The van der Waals surface area contributed by atoms with Gasteiger partial charge in [-0.05, 0) is 37.3 Å². The van der Waals surface area contributed by atoms with Gasteiger partial charge in [-0.2, -0.15) is 0 Å². The largest absolute Gasteiger partial charge is 0.369 e. The van der Waals surface area contributed by atoms with Gasteiger partial charge in [-0.1, -0.05) is 35.9 Å². The normalized spacial score (nSPS) is 14.9. The molecule has 2 N–H and O–H groups in total. The van der Waals surface area contributed by atoms with Crippen LogP contribution in [-0.2, 0) is 0 Å². The lowest BCUT2D eigenvalue weighted by Gasteiger charge is -2.36. The standard InChI is InChI=1S/C25H26ClN5O/c1-17-5-6-18-7-8-19-15-22(29-24(19)23(18)28-17)25(32)27-9-10-30-11-13-31(14-12-30)21-4-2-3-20(26)16-21/h2-8,15-16,28H,9-14H2,1H3,(H,27,32). The molecule has 0 bridgehead atoms. The van der Waals surface area contributed by atoms with E-state index in [0.717, 1.165) is 65.2 Å². The molecule has 164 valence electrons. The maximum atomic E-state index is 12.7. The molecule has 2 aromatic carbocycles. The summed E-state index contributed by atoms with van der Waals surface area (Å²) < 4.78 is 0. The van der Waals surface area contributed by atoms with Crippen LogP contribution >= 0.6 is 11.6 Å². The number of hydrogen-bond acceptors (Lipinski definition) is 4. The number of hydrogen-bond donors (Lipinski definition) is 2. The number of aromatic nitrogens is 2. The third kappa shape index (κ3) is 4.29. The van der Waals surface area contributed by atoms with Crippen LogP contribution in [-0.4, -0.2) is 60.0 Å². The van der Waals surface area contributed by atoms with E-state index in [-0.39, 0.29) is 5.91 Å². The third-order valence-corrected chi connectivity index (χ3v) is 6.33. The van der Waals surface area contributed by atoms with Gasteiger partial charge in [0.2, 0.25) is 0 Å². The van der Waals surface area contributed by atoms with E-state index in [1.54, 1.807) is 0 Å². The second kappa shape index (κ2) is 8.81. The molecule has 0 radical (unpaired) electrons. The van der Waals surface area contributed by atoms with Crippen molar-refractivity contribution < 1.29 is 4.79 Å². The summed E-state index contributed by atoms with van der Waals surface area (Å²) >= 11 is 6.12. The van der Waals surface area contributed by atoms with Crippen LogP contribution in [0.3, 0.4) is 0 Å². The first-order chi connectivity index (χ1) is 15.6. The number of aromatic amines is 1. The second-order valence-electron chi connectivity index (χ2n) is 8.31. The molecule has 0 aliphatic carbocycles. The molecule has 1 fully saturated rings. The maximum absolute atomic E-state index is 12.7. The lowest BCUT2D eigenvalue weighted by atomic mass is 10.1. The predicted octanol–water partition coefficient (Wildman–Crippen LogP) is 4.23. The number of carbonyl (C=O) groups excluding carboxylic acids is 1. The quantitative estimate of drug-likeness (QED) is 0.480. The summed E-state index contributed by atoms with van der Waals surface area (Å²) in [6, 6.07) is 18.0. The highest BCUT2D eigenvalue weighted by Crippen LogP contribution is 2.24. The molecule has 2 aromatic heterocycles. The summed E-state index contributed by atoms with van der Waals surface area (Å²) in [5.41, 5.74) is 4.51. The molecule has 5 rings (SSSR count). The number of benzene rings is 2. The fourth-order valence-electron chi connectivity index (χ4n) is 4.32. The van der Waals surface area contributed by atoms with Gasteiger partial charge in [-0.3, -0.25) is 9.69 Å². The number of amides is 1. The topological polar surface area (TPSA) is 64.3 Å². The number of halogens is 1. The summed E-state index contributed by atoms with van der Waals surface area (Å²) in [6.07, 6.45) is 0. The first-order valence-electron chi connectivity index (χ1n) is 11.0. The van der Waals surface area contributed by atoms with Crippen LogP contribution in [0.2, 0.25) is 5.02 Å². The Labute approximate surface area is 192 Å². The Morgan fingerprint density at radius 2 is 1.84 bits per heavy atom. The molecule has 7 heteroatoms. The predicted molar refractivity (Wildman–Crippen MR) is 131 cm³/mol. The number of rotatable bonds is 5. The van der Waals surface area contributed by atoms with Gasteiger partial charge in [0, 0.05) is 66.4 Å². The Morgan fingerprint density at radius 1 is 1.06 bits per heavy atom. The second-order valence-corrected chi connectivity index (χ2v) is 8.75. The number of fused-ring (bicyclic) bond motifs is 3. The van der Waals surface area contributed by atoms with Gasteiger partial charge in [-0.25, -0.2) is 4.98 Å².